The van der Waals surface area contributed by atoms with E-state index in [0.29, 0.717) is 6.61 Å². The maximum absolute atomic E-state index is 11.3. The Morgan fingerprint density at radius 2 is 1.40 bits per heavy atom. The molecule has 1 aliphatic heterocycles. The molecule has 0 bridgehead atoms. The van der Waals surface area contributed by atoms with E-state index in [-0.39, 0.29) is 5.97 Å². The number of hydrogen-bond donors (Lipinski definition) is 0. The summed E-state index contributed by atoms with van der Waals surface area (Å²) in [6.45, 7) is 7.89. The van der Waals surface area contributed by atoms with Gasteiger partial charge in [-0.2, -0.15) is 0 Å². The fourth-order valence-electron chi connectivity index (χ4n) is 4.71. The van der Waals surface area contributed by atoms with Gasteiger partial charge in [0.25, 0.3) is 0 Å². The van der Waals surface area contributed by atoms with Crippen LogP contribution in [0.25, 0.3) is 0 Å². The summed E-state index contributed by atoms with van der Waals surface area (Å²) < 4.78 is 5.22. The van der Waals surface area contributed by atoms with E-state index in [0.717, 1.165) is 38.6 Å². The van der Waals surface area contributed by atoms with Crippen LogP contribution in [0.2, 0.25) is 0 Å². The van der Waals surface area contributed by atoms with Crippen molar-refractivity contribution in [3.05, 3.63) is 12.7 Å². The van der Waals surface area contributed by atoms with E-state index in [1.54, 1.807) is 0 Å². The van der Waals surface area contributed by atoms with Crippen molar-refractivity contribution in [1.82, 2.24) is 14.7 Å². The molecular weight excluding hydrogens is 314 g/mol. The first-order chi connectivity index (χ1) is 12.3. The number of rotatable bonds is 6. The van der Waals surface area contributed by atoms with Gasteiger partial charge in [0, 0.05) is 24.7 Å². The second kappa shape index (κ2) is 9.70. The van der Waals surface area contributed by atoms with Crippen LogP contribution in [0.3, 0.4) is 0 Å². The van der Waals surface area contributed by atoms with Gasteiger partial charge in [-0.05, 0) is 25.7 Å². The van der Waals surface area contributed by atoms with Crippen LogP contribution in [-0.2, 0) is 9.53 Å². The van der Waals surface area contributed by atoms with E-state index in [9.17, 15) is 4.79 Å². The highest BCUT2D eigenvalue weighted by molar-refractivity contribution is 5.81. The average molecular weight is 350 g/mol. The van der Waals surface area contributed by atoms with Crippen LogP contribution in [0, 0.1) is 0 Å². The minimum absolute atomic E-state index is 0.315. The molecule has 0 atom stereocenters. The van der Waals surface area contributed by atoms with Crippen molar-refractivity contribution in [2.24, 2.45) is 0 Å². The zero-order valence-electron chi connectivity index (χ0n) is 15.7. The molecular formula is C20H35N3O2. The van der Waals surface area contributed by atoms with Crippen molar-refractivity contribution < 1.29 is 9.53 Å². The lowest BCUT2D eigenvalue weighted by molar-refractivity contribution is -0.139. The molecule has 2 aliphatic carbocycles. The molecule has 3 fully saturated rings. The number of ether oxygens (including phenoxy) is 1. The molecule has 0 N–H and O–H groups in total. The molecule has 5 heteroatoms. The van der Waals surface area contributed by atoms with E-state index < -0.39 is 0 Å². The quantitative estimate of drug-likeness (QED) is 0.544. The Morgan fingerprint density at radius 1 is 0.880 bits per heavy atom. The van der Waals surface area contributed by atoms with Crippen molar-refractivity contribution in [1.29, 1.82) is 0 Å². The zero-order valence-corrected chi connectivity index (χ0v) is 15.7. The monoisotopic (exact) mass is 349 g/mol. The molecule has 0 amide bonds. The average Bonchev–Trinajstić information content (AvgIpc) is 2.69. The second-order valence-corrected chi connectivity index (χ2v) is 7.95. The van der Waals surface area contributed by atoms with Gasteiger partial charge in [-0.1, -0.05) is 45.1 Å². The third-order valence-electron chi connectivity index (χ3n) is 6.13. The van der Waals surface area contributed by atoms with Crippen molar-refractivity contribution in [2.45, 2.75) is 76.3 Å². The molecule has 0 unspecified atom stereocenters. The first kappa shape index (κ1) is 18.9. The normalized spacial score (nSPS) is 25.8. The van der Waals surface area contributed by atoms with Gasteiger partial charge in [-0.3, -0.25) is 14.7 Å². The number of esters is 1. The fourth-order valence-corrected chi connectivity index (χ4v) is 4.71. The van der Waals surface area contributed by atoms with Gasteiger partial charge >= 0.3 is 5.97 Å². The molecule has 1 saturated heterocycles. The summed E-state index contributed by atoms with van der Waals surface area (Å²) in [6.07, 6.45) is 14.9. The third-order valence-corrected chi connectivity index (χ3v) is 6.13. The molecule has 0 aromatic rings. The summed E-state index contributed by atoms with van der Waals surface area (Å²) in [5.41, 5.74) is 0. The van der Waals surface area contributed by atoms with E-state index in [4.69, 9.17) is 4.74 Å². The summed E-state index contributed by atoms with van der Waals surface area (Å²) in [7, 11) is 0. The van der Waals surface area contributed by atoms with Crippen LogP contribution in [-0.4, -0.2) is 65.9 Å². The predicted molar refractivity (Wildman–Crippen MR) is 99.9 cm³/mol. The Hall–Kier alpha value is -0.910. The SMILES string of the molecule is C=CC(=O)OCCN1CN(C2CCCCC2)CN(C2CCCCC2)C1. The number of carbonyl (C=O) groups excluding carboxylic acids is 1. The van der Waals surface area contributed by atoms with Crippen molar-refractivity contribution >= 4 is 5.97 Å². The maximum Gasteiger partial charge on any atom is 0.330 e. The first-order valence-electron chi connectivity index (χ1n) is 10.3. The van der Waals surface area contributed by atoms with Crippen molar-refractivity contribution in [3.63, 3.8) is 0 Å². The van der Waals surface area contributed by atoms with Crippen LogP contribution < -0.4 is 0 Å². The highest BCUT2D eigenvalue weighted by atomic mass is 16.5. The number of carbonyl (C=O) groups is 1. The van der Waals surface area contributed by atoms with Crippen LogP contribution in [0.5, 0.6) is 0 Å². The van der Waals surface area contributed by atoms with E-state index in [1.165, 1.54) is 70.3 Å². The summed E-state index contributed by atoms with van der Waals surface area (Å²) in [5, 5.41) is 0. The smallest absolute Gasteiger partial charge is 0.330 e. The summed E-state index contributed by atoms with van der Waals surface area (Å²) in [5.74, 6) is -0.315. The lowest BCUT2D eigenvalue weighted by Gasteiger charge is -2.49. The van der Waals surface area contributed by atoms with E-state index >= 15 is 0 Å². The largest absolute Gasteiger partial charge is 0.461 e. The Kier molecular flexibility index (Phi) is 7.32. The standard InChI is InChI=1S/C20H35N3O2/c1-2-20(24)25-14-13-21-15-22(18-9-5-3-6-10-18)17-23(16-21)19-11-7-4-8-12-19/h2,18-19H,1,3-17H2. The Balaban J connectivity index is 1.58. The minimum atomic E-state index is -0.315. The highest BCUT2D eigenvalue weighted by Gasteiger charge is 2.32. The van der Waals surface area contributed by atoms with E-state index in [2.05, 4.69) is 21.3 Å². The molecule has 1 heterocycles. The van der Waals surface area contributed by atoms with Gasteiger partial charge in [0.1, 0.15) is 6.61 Å². The summed E-state index contributed by atoms with van der Waals surface area (Å²) in [6, 6.07) is 1.47. The Bertz CT molecular complexity index is 405. The van der Waals surface area contributed by atoms with Crippen molar-refractivity contribution in [2.75, 3.05) is 33.2 Å². The fraction of sp³-hybridized carbons (Fsp3) is 0.850. The lowest BCUT2D eigenvalue weighted by Crippen LogP contribution is -2.60. The first-order valence-corrected chi connectivity index (χ1v) is 10.3. The van der Waals surface area contributed by atoms with Gasteiger partial charge in [0.2, 0.25) is 0 Å². The topological polar surface area (TPSA) is 36.0 Å². The molecule has 25 heavy (non-hydrogen) atoms. The minimum Gasteiger partial charge on any atom is -0.461 e. The molecule has 0 aromatic carbocycles. The van der Waals surface area contributed by atoms with Gasteiger partial charge in [-0.15, -0.1) is 0 Å². The summed E-state index contributed by atoms with van der Waals surface area (Å²) in [4.78, 5) is 19.1. The number of hydrogen-bond acceptors (Lipinski definition) is 5. The highest BCUT2D eigenvalue weighted by Crippen LogP contribution is 2.28. The molecule has 2 saturated carbocycles. The van der Waals surface area contributed by atoms with Gasteiger partial charge in [-0.25, -0.2) is 4.79 Å². The van der Waals surface area contributed by atoms with Gasteiger partial charge in [0.15, 0.2) is 0 Å². The Labute approximate surface area is 153 Å². The van der Waals surface area contributed by atoms with E-state index in [1.807, 2.05) is 0 Å². The molecule has 0 radical (unpaired) electrons. The molecule has 0 aromatic heterocycles. The van der Waals surface area contributed by atoms with Crippen molar-refractivity contribution in [3.8, 4) is 0 Å². The van der Waals surface area contributed by atoms with Crippen LogP contribution >= 0.6 is 0 Å². The Morgan fingerprint density at radius 3 is 1.88 bits per heavy atom. The lowest BCUT2D eigenvalue weighted by atomic mass is 9.93. The number of nitrogens with zero attached hydrogens (tertiary/aromatic N) is 3. The van der Waals surface area contributed by atoms with Gasteiger partial charge in [0.05, 0.1) is 20.0 Å². The van der Waals surface area contributed by atoms with Crippen LogP contribution in [0.1, 0.15) is 64.2 Å². The van der Waals surface area contributed by atoms with Gasteiger partial charge < -0.3 is 4.74 Å². The molecule has 3 aliphatic rings. The molecule has 0 spiro atoms. The molecule has 5 nitrogen and oxygen atoms in total. The third kappa shape index (κ3) is 5.53. The summed E-state index contributed by atoms with van der Waals surface area (Å²) >= 11 is 0. The predicted octanol–water partition coefficient (Wildman–Crippen LogP) is 3.17. The van der Waals surface area contributed by atoms with Crippen LogP contribution in [0.4, 0.5) is 0 Å². The zero-order chi connectivity index (χ0) is 17.5. The second-order valence-electron chi connectivity index (χ2n) is 7.95. The molecule has 3 rings (SSSR count). The van der Waals surface area contributed by atoms with Crippen LogP contribution in [0.15, 0.2) is 12.7 Å². The maximum atomic E-state index is 11.3. The molecule has 142 valence electrons.